The zero-order chi connectivity index (χ0) is 15.1. The minimum Gasteiger partial charge on any atom is -0.389 e. The minimum atomic E-state index is -3.64. The van der Waals surface area contributed by atoms with Gasteiger partial charge in [0.05, 0.1) is 16.0 Å². The Hall–Kier alpha value is -1.21. The van der Waals surface area contributed by atoms with E-state index in [1.807, 2.05) is 0 Å². The highest BCUT2D eigenvalue weighted by atomic mass is 35.5. The van der Waals surface area contributed by atoms with Crippen molar-refractivity contribution in [3.63, 3.8) is 0 Å². The van der Waals surface area contributed by atoms with Crippen molar-refractivity contribution >= 4 is 32.5 Å². The molecule has 0 aliphatic heterocycles. The first kappa shape index (κ1) is 14.7. The maximum absolute atomic E-state index is 12.3. The van der Waals surface area contributed by atoms with Gasteiger partial charge in [0, 0.05) is 11.9 Å². The van der Waals surface area contributed by atoms with Crippen LogP contribution in [0.1, 0.15) is 19.3 Å². The van der Waals surface area contributed by atoms with Crippen LogP contribution >= 0.6 is 11.6 Å². The second-order valence-corrected chi connectivity index (χ2v) is 7.55. The van der Waals surface area contributed by atoms with Gasteiger partial charge in [-0.2, -0.15) is 0 Å². The molecule has 1 saturated carbocycles. The Morgan fingerprint density at radius 2 is 2.05 bits per heavy atom. The third-order valence-electron chi connectivity index (χ3n) is 3.81. The number of aliphatic hydroxyl groups is 1. The lowest BCUT2D eigenvalue weighted by atomic mass is 9.81. The third kappa shape index (κ3) is 3.03. The van der Waals surface area contributed by atoms with Gasteiger partial charge in [-0.3, -0.25) is 0 Å². The van der Waals surface area contributed by atoms with Gasteiger partial charge in [-0.25, -0.2) is 18.1 Å². The van der Waals surface area contributed by atoms with Crippen LogP contribution in [0, 0.1) is 0 Å². The van der Waals surface area contributed by atoms with Gasteiger partial charge in [-0.1, -0.05) is 11.6 Å². The molecule has 0 amide bonds. The second kappa shape index (κ2) is 5.21. The van der Waals surface area contributed by atoms with Crippen LogP contribution in [-0.4, -0.2) is 30.7 Å². The maximum atomic E-state index is 12.3. The van der Waals surface area contributed by atoms with Crippen molar-refractivity contribution in [2.45, 2.75) is 29.8 Å². The van der Waals surface area contributed by atoms with Crippen molar-refractivity contribution in [1.29, 1.82) is 0 Å². The Morgan fingerprint density at radius 3 is 2.71 bits per heavy atom. The van der Waals surface area contributed by atoms with E-state index in [-0.39, 0.29) is 11.4 Å². The lowest BCUT2D eigenvalue weighted by molar-refractivity contribution is -0.0270. The Balaban J connectivity index is 1.86. The largest absolute Gasteiger partial charge is 0.389 e. The molecule has 21 heavy (non-hydrogen) atoms. The van der Waals surface area contributed by atoms with E-state index in [0.29, 0.717) is 28.9 Å². The van der Waals surface area contributed by atoms with E-state index in [1.165, 1.54) is 6.07 Å². The van der Waals surface area contributed by atoms with Gasteiger partial charge in [0.25, 0.3) is 0 Å². The molecule has 1 aliphatic carbocycles. The van der Waals surface area contributed by atoms with Crippen LogP contribution in [0.5, 0.6) is 0 Å². The molecule has 3 rings (SSSR count). The van der Waals surface area contributed by atoms with Crippen molar-refractivity contribution in [2.24, 2.45) is 0 Å². The fourth-order valence-electron chi connectivity index (χ4n) is 2.32. The number of fused-ring (bicyclic) bond motifs is 1. The van der Waals surface area contributed by atoms with Gasteiger partial charge in [-0.05, 0) is 49.6 Å². The average molecular weight is 327 g/mol. The quantitative estimate of drug-likeness (QED) is 0.843. The monoisotopic (exact) mass is 326 g/mol. The fraction of sp³-hybridized carbons (Fsp3) is 0.357. The van der Waals surface area contributed by atoms with Crippen LogP contribution in [0.2, 0.25) is 5.15 Å². The van der Waals surface area contributed by atoms with Crippen LogP contribution in [0.3, 0.4) is 0 Å². The number of hydrogen-bond acceptors (Lipinski definition) is 4. The molecule has 1 aromatic carbocycles. The fourth-order valence-corrected chi connectivity index (χ4v) is 3.63. The molecule has 0 unspecified atom stereocenters. The molecule has 7 heteroatoms. The van der Waals surface area contributed by atoms with E-state index in [0.717, 1.165) is 6.42 Å². The Labute approximate surface area is 128 Å². The molecule has 112 valence electrons. The SMILES string of the molecule is O=S(=O)(NCC1(O)CCC1)c1ccc2nc(Cl)ccc2c1. The van der Waals surface area contributed by atoms with E-state index >= 15 is 0 Å². The van der Waals surface area contributed by atoms with E-state index in [4.69, 9.17) is 11.6 Å². The zero-order valence-corrected chi connectivity index (χ0v) is 12.8. The molecule has 1 aromatic heterocycles. The summed E-state index contributed by atoms with van der Waals surface area (Å²) in [7, 11) is -3.64. The molecule has 2 aromatic rings. The first-order valence-corrected chi connectivity index (χ1v) is 8.53. The van der Waals surface area contributed by atoms with Crippen LogP contribution in [0.4, 0.5) is 0 Å². The van der Waals surface area contributed by atoms with Crippen molar-refractivity contribution in [1.82, 2.24) is 9.71 Å². The van der Waals surface area contributed by atoms with Crippen LogP contribution in [-0.2, 0) is 10.0 Å². The number of sulfonamides is 1. The molecule has 1 fully saturated rings. The van der Waals surface area contributed by atoms with E-state index in [2.05, 4.69) is 9.71 Å². The molecule has 2 N–H and O–H groups in total. The van der Waals surface area contributed by atoms with Crippen LogP contribution in [0.15, 0.2) is 35.2 Å². The molecule has 5 nitrogen and oxygen atoms in total. The maximum Gasteiger partial charge on any atom is 0.240 e. The molecule has 1 aliphatic rings. The summed E-state index contributed by atoms with van der Waals surface area (Å²) in [5, 5.41) is 11.0. The number of hydrogen-bond donors (Lipinski definition) is 2. The van der Waals surface area contributed by atoms with Gasteiger partial charge in [0.1, 0.15) is 5.15 Å². The van der Waals surface area contributed by atoms with Crippen LogP contribution < -0.4 is 4.72 Å². The van der Waals surface area contributed by atoms with Crippen molar-refractivity contribution in [3.05, 3.63) is 35.5 Å². The summed E-state index contributed by atoms with van der Waals surface area (Å²) in [6.45, 7) is 0.0479. The highest BCUT2D eigenvalue weighted by molar-refractivity contribution is 7.89. The Bertz CT molecular complexity index is 788. The van der Waals surface area contributed by atoms with Crippen LogP contribution in [0.25, 0.3) is 10.9 Å². The van der Waals surface area contributed by atoms with E-state index in [9.17, 15) is 13.5 Å². The number of halogens is 1. The molecule has 1 heterocycles. The highest BCUT2D eigenvalue weighted by Gasteiger charge is 2.35. The number of aromatic nitrogens is 1. The average Bonchev–Trinajstić information content (AvgIpc) is 2.42. The smallest absolute Gasteiger partial charge is 0.240 e. The lowest BCUT2D eigenvalue weighted by Gasteiger charge is -2.36. The number of nitrogens with zero attached hydrogens (tertiary/aromatic N) is 1. The van der Waals surface area contributed by atoms with Gasteiger partial charge in [0.15, 0.2) is 0 Å². The molecule has 0 radical (unpaired) electrons. The lowest BCUT2D eigenvalue weighted by Crippen LogP contribution is -2.47. The number of benzene rings is 1. The van der Waals surface area contributed by atoms with Gasteiger partial charge in [-0.15, -0.1) is 0 Å². The van der Waals surface area contributed by atoms with Gasteiger partial charge >= 0.3 is 0 Å². The predicted molar refractivity (Wildman–Crippen MR) is 80.7 cm³/mol. The normalized spacial score (nSPS) is 17.6. The van der Waals surface area contributed by atoms with E-state index < -0.39 is 15.6 Å². The summed E-state index contributed by atoms with van der Waals surface area (Å²) in [5.41, 5.74) is -0.252. The summed E-state index contributed by atoms with van der Waals surface area (Å²) >= 11 is 5.80. The Morgan fingerprint density at radius 1 is 1.29 bits per heavy atom. The number of pyridine rings is 1. The van der Waals surface area contributed by atoms with Crippen molar-refractivity contribution < 1.29 is 13.5 Å². The summed E-state index contributed by atoms with van der Waals surface area (Å²) in [6, 6.07) is 7.99. The molecular weight excluding hydrogens is 312 g/mol. The van der Waals surface area contributed by atoms with Crippen molar-refractivity contribution in [2.75, 3.05) is 6.54 Å². The summed E-state index contributed by atoms with van der Waals surface area (Å²) < 4.78 is 27.0. The molecular formula is C14H15ClN2O3S. The molecule has 0 bridgehead atoms. The summed E-state index contributed by atoms with van der Waals surface area (Å²) in [5.74, 6) is 0. The zero-order valence-electron chi connectivity index (χ0n) is 11.2. The van der Waals surface area contributed by atoms with Gasteiger partial charge < -0.3 is 5.11 Å². The molecule has 0 spiro atoms. The number of rotatable bonds is 4. The summed E-state index contributed by atoms with van der Waals surface area (Å²) in [4.78, 5) is 4.27. The molecule has 0 atom stereocenters. The van der Waals surface area contributed by atoms with Gasteiger partial charge in [0.2, 0.25) is 10.0 Å². The number of nitrogens with one attached hydrogen (secondary N) is 1. The first-order valence-electron chi connectivity index (χ1n) is 6.66. The van der Waals surface area contributed by atoms with Crippen molar-refractivity contribution in [3.8, 4) is 0 Å². The highest BCUT2D eigenvalue weighted by Crippen LogP contribution is 2.31. The second-order valence-electron chi connectivity index (χ2n) is 5.39. The minimum absolute atomic E-state index is 0.0479. The predicted octanol–water partition coefficient (Wildman–Crippen LogP) is 2.08. The standard InChI is InChI=1S/C14H15ClN2O3S/c15-13-5-2-10-8-11(3-4-12(10)17-13)21(19,20)16-9-14(18)6-1-7-14/h2-5,8,16,18H,1,6-7,9H2. The van der Waals surface area contributed by atoms with E-state index in [1.54, 1.807) is 24.3 Å². The third-order valence-corrected chi connectivity index (χ3v) is 5.42. The topological polar surface area (TPSA) is 79.3 Å². The molecule has 0 saturated heterocycles. The Kier molecular flexibility index (Phi) is 3.65. The first-order chi connectivity index (χ1) is 9.88. The summed E-state index contributed by atoms with van der Waals surface area (Å²) in [6.07, 6.45) is 2.20.